The van der Waals surface area contributed by atoms with Crippen LogP contribution in [0.1, 0.15) is 12.0 Å². The summed E-state index contributed by atoms with van der Waals surface area (Å²) in [5, 5.41) is 9.71. The van der Waals surface area contributed by atoms with Crippen molar-refractivity contribution in [3.63, 3.8) is 0 Å². The maximum atomic E-state index is 10.9. The van der Waals surface area contributed by atoms with Crippen molar-refractivity contribution >= 4 is 29.3 Å². The molecular weight excluding hydrogens is 248 g/mol. The Morgan fingerprint density at radius 3 is 2.94 bits per heavy atom. The molecular formula is C11H13ClO3S. The molecule has 0 unspecified atom stereocenters. The smallest absolute Gasteiger partial charge is 0.306 e. The van der Waals surface area contributed by atoms with Crippen LogP contribution < -0.4 is 0 Å². The van der Waals surface area contributed by atoms with E-state index in [9.17, 15) is 4.79 Å². The van der Waals surface area contributed by atoms with Gasteiger partial charge in [-0.05, 0) is 12.1 Å². The van der Waals surface area contributed by atoms with E-state index in [4.69, 9.17) is 16.7 Å². The molecule has 0 atom stereocenters. The third-order valence-corrected chi connectivity index (χ3v) is 3.48. The number of thioether (sulfide) groups is 1. The van der Waals surface area contributed by atoms with Gasteiger partial charge in [0.2, 0.25) is 0 Å². The molecule has 0 saturated heterocycles. The van der Waals surface area contributed by atoms with Gasteiger partial charge in [0.1, 0.15) is 0 Å². The molecule has 0 aliphatic heterocycles. The Morgan fingerprint density at radius 2 is 2.31 bits per heavy atom. The highest BCUT2D eigenvalue weighted by molar-refractivity contribution is 7.99. The van der Waals surface area contributed by atoms with Crippen LogP contribution >= 0.6 is 23.4 Å². The Labute approximate surface area is 104 Å². The van der Waals surface area contributed by atoms with Crippen LogP contribution in [0.4, 0.5) is 0 Å². The molecule has 0 heterocycles. The Morgan fingerprint density at radius 1 is 1.56 bits per heavy atom. The van der Waals surface area contributed by atoms with Gasteiger partial charge in [0.15, 0.2) is 0 Å². The molecule has 0 aliphatic carbocycles. The minimum atomic E-state index is -0.236. The number of carbonyl (C=O) groups excluding carboxylic acids is 1. The maximum absolute atomic E-state index is 10.9. The second kappa shape index (κ2) is 6.78. The van der Waals surface area contributed by atoms with Gasteiger partial charge in [0.05, 0.1) is 20.1 Å². The lowest BCUT2D eigenvalue weighted by Crippen LogP contribution is -2.01. The number of ether oxygens (including phenoxy) is 1. The fraction of sp³-hybridized carbons (Fsp3) is 0.364. The first-order chi connectivity index (χ1) is 7.69. The van der Waals surface area contributed by atoms with E-state index in [1.165, 1.54) is 18.9 Å². The van der Waals surface area contributed by atoms with E-state index in [1.807, 2.05) is 12.1 Å². The number of carbonyl (C=O) groups is 1. The van der Waals surface area contributed by atoms with Gasteiger partial charge in [-0.2, -0.15) is 0 Å². The zero-order chi connectivity index (χ0) is 12.0. The van der Waals surface area contributed by atoms with Crippen LogP contribution in [0, 0.1) is 0 Å². The molecule has 5 heteroatoms. The first-order valence-corrected chi connectivity index (χ1v) is 6.13. The fourth-order valence-electron chi connectivity index (χ4n) is 1.17. The third-order valence-electron chi connectivity index (χ3n) is 2.03. The maximum Gasteiger partial charge on any atom is 0.306 e. The summed E-state index contributed by atoms with van der Waals surface area (Å²) < 4.78 is 4.54. The van der Waals surface area contributed by atoms with Gasteiger partial charge >= 0.3 is 5.97 Å². The molecule has 88 valence electrons. The normalized spacial score (nSPS) is 10.2. The van der Waals surface area contributed by atoms with Crippen LogP contribution in [0.15, 0.2) is 23.1 Å². The Hall–Kier alpha value is -0.710. The number of hydrogen-bond donors (Lipinski definition) is 1. The molecule has 1 rings (SSSR count). The molecule has 0 radical (unpaired) electrons. The minimum Gasteiger partial charge on any atom is -0.469 e. The molecule has 0 fully saturated rings. The van der Waals surface area contributed by atoms with Gasteiger partial charge in [0.25, 0.3) is 0 Å². The topological polar surface area (TPSA) is 46.5 Å². The summed E-state index contributed by atoms with van der Waals surface area (Å²) in [5.74, 6) is 0.375. The summed E-state index contributed by atoms with van der Waals surface area (Å²) in [7, 11) is 1.37. The lowest BCUT2D eigenvalue weighted by molar-refractivity contribution is -0.140. The van der Waals surface area contributed by atoms with Crippen molar-refractivity contribution in [3.05, 3.63) is 28.8 Å². The monoisotopic (exact) mass is 260 g/mol. The van der Waals surface area contributed by atoms with Crippen molar-refractivity contribution in [2.75, 3.05) is 12.9 Å². The van der Waals surface area contributed by atoms with E-state index < -0.39 is 0 Å². The number of hydrogen-bond acceptors (Lipinski definition) is 4. The number of benzene rings is 1. The highest BCUT2D eigenvalue weighted by Gasteiger charge is 2.07. The molecule has 16 heavy (non-hydrogen) atoms. The first-order valence-electron chi connectivity index (χ1n) is 4.77. The van der Waals surface area contributed by atoms with E-state index in [1.54, 1.807) is 6.07 Å². The number of esters is 1. The van der Waals surface area contributed by atoms with E-state index in [-0.39, 0.29) is 12.6 Å². The van der Waals surface area contributed by atoms with Crippen LogP contribution in [-0.2, 0) is 16.1 Å². The molecule has 0 aromatic heterocycles. The highest BCUT2D eigenvalue weighted by Crippen LogP contribution is 2.28. The summed E-state index contributed by atoms with van der Waals surface area (Å²) in [6, 6.07) is 5.43. The molecule has 0 amide bonds. The molecule has 0 aliphatic rings. The Balaban J connectivity index is 2.60. The van der Waals surface area contributed by atoms with Crippen molar-refractivity contribution in [2.45, 2.75) is 17.9 Å². The lowest BCUT2D eigenvalue weighted by atomic mass is 10.2. The van der Waals surface area contributed by atoms with Crippen molar-refractivity contribution in [1.82, 2.24) is 0 Å². The predicted octanol–water partition coefficient (Wildman–Crippen LogP) is 2.49. The zero-order valence-electron chi connectivity index (χ0n) is 8.90. The van der Waals surface area contributed by atoms with Crippen molar-refractivity contribution < 1.29 is 14.6 Å². The quantitative estimate of drug-likeness (QED) is 0.653. The van der Waals surface area contributed by atoms with Gasteiger partial charge in [-0.3, -0.25) is 4.79 Å². The largest absolute Gasteiger partial charge is 0.469 e. The van der Waals surface area contributed by atoms with Gasteiger partial charge in [-0.25, -0.2) is 0 Å². The number of methoxy groups -OCH3 is 1. The minimum absolute atomic E-state index is 0.0970. The molecule has 0 spiro atoms. The predicted molar refractivity (Wildman–Crippen MR) is 64.7 cm³/mol. The van der Waals surface area contributed by atoms with Gasteiger partial charge in [0, 0.05) is 21.2 Å². The Bertz CT molecular complexity index is 368. The lowest BCUT2D eigenvalue weighted by Gasteiger charge is -2.08. The number of halogens is 1. The molecule has 1 N–H and O–H groups in total. The van der Waals surface area contributed by atoms with E-state index in [0.29, 0.717) is 22.8 Å². The summed E-state index contributed by atoms with van der Waals surface area (Å²) in [6.07, 6.45) is 0.346. The number of aliphatic hydroxyl groups is 1. The second-order valence-corrected chi connectivity index (χ2v) is 4.59. The van der Waals surface area contributed by atoms with Crippen molar-refractivity contribution in [1.29, 1.82) is 0 Å². The SMILES string of the molecule is COC(=O)CCSc1cccc(Cl)c1CO. The van der Waals surface area contributed by atoms with Crippen LogP contribution in [0.3, 0.4) is 0 Å². The molecule has 0 bridgehead atoms. The van der Waals surface area contributed by atoms with Gasteiger partial charge in [-0.15, -0.1) is 11.8 Å². The average molecular weight is 261 g/mol. The average Bonchev–Trinajstić information content (AvgIpc) is 2.29. The van der Waals surface area contributed by atoms with Crippen molar-refractivity contribution in [3.8, 4) is 0 Å². The third kappa shape index (κ3) is 3.70. The highest BCUT2D eigenvalue weighted by atomic mass is 35.5. The van der Waals surface area contributed by atoms with E-state index >= 15 is 0 Å². The summed E-state index contributed by atoms with van der Waals surface area (Å²) in [6.45, 7) is -0.0970. The molecule has 1 aromatic rings. The second-order valence-electron chi connectivity index (χ2n) is 3.05. The fourth-order valence-corrected chi connectivity index (χ4v) is 2.48. The zero-order valence-corrected chi connectivity index (χ0v) is 10.5. The van der Waals surface area contributed by atoms with E-state index in [2.05, 4.69) is 4.74 Å². The number of aliphatic hydroxyl groups excluding tert-OH is 1. The van der Waals surface area contributed by atoms with Crippen LogP contribution in [-0.4, -0.2) is 23.9 Å². The summed E-state index contributed by atoms with van der Waals surface area (Å²) in [5.41, 5.74) is 0.707. The standard InChI is InChI=1S/C11H13ClO3S/c1-15-11(14)5-6-16-10-4-2-3-9(12)8(10)7-13/h2-4,13H,5-7H2,1H3. The van der Waals surface area contributed by atoms with Gasteiger partial charge < -0.3 is 9.84 Å². The number of rotatable bonds is 5. The first kappa shape index (κ1) is 13.4. The summed E-state index contributed by atoms with van der Waals surface area (Å²) >= 11 is 7.42. The van der Waals surface area contributed by atoms with Crippen molar-refractivity contribution in [2.24, 2.45) is 0 Å². The summed E-state index contributed by atoms with van der Waals surface area (Å²) in [4.78, 5) is 11.8. The molecule has 0 saturated carbocycles. The van der Waals surface area contributed by atoms with Crippen LogP contribution in [0.5, 0.6) is 0 Å². The Kier molecular flexibility index (Phi) is 5.66. The van der Waals surface area contributed by atoms with Crippen LogP contribution in [0.2, 0.25) is 5.02 Å². The van der Waals surface area contributed by atoms with E-state index in [0.717, 1.165) is 4.90 Å². The van der Waals surface area contributed by atoms with Gasteiger partial charge in [-0.1, -0.05) is 17.7 Å². The van der Waals surface area contributed by atoms with Crippen LogP contribution in [0.25, 0.3) is 0 Å². The molecule has 1 aromatic carbocycles. The molecule has 3 nitrogen and oxygen atoms in total.